The number of benzene rings is 1. The fraction of sp³-hybridized carbons (Fsp3) is 0.286. The Kier molecular flexibility index (Phi) is 4.44. The van der Waals surface area contributed by atoms with E-state index in [9.17, 15) is 9.59 Å². The highest BCUT2D eigenvalue weighted by molar-refractivity contribution is 9.10. The molecule has 0 saturated carbocycles. The van der Waals surface area contributed by atoms with Crippen LogP contribution >= 0.6 is 15.9 Å². The van der Waals surface area contributed by atoms with Gasteiger partial charge in [0.1, 0.15) is 0 Å². The lowest BCUT2D eigenvalue weighted by molar-refractivity contribution is 0.0696. The normalized spacial score (nSPS) is 14.7. The van der Waals surface area contributed by atoms with Crippen molar-refractivity contribution < 1.29 is 14.7 Å². The van der Waals surface area contributed by atoms with Crippen molar-refractivity contribution in [2.45, 2.75) is 13.3 Å². The maximum atomic E-state index is 12.1. The monoisotopic (exact) mass is 338 g/mol. The van der Waals surface area contributed by atoms with E-state index in [1.54, 1.807) is 17.0 Å². The van der Waals surface area contributed by atoms with E-state index < -0.39 is 5.97 Å². The van der Waals surface area contributed by atoms with E-state index in [-0.39, 0.29) is 11.6 Å². The Bertz CT molecular complexity index is 584. The van der Waals surface area contributed by atoms with Crippen LogP contribution in [0.3, 0.4) is 0 Å². The van der Waals surface area contributed by atoms with Gasteiger partial charge < -0.3 is 15.3 Å². The molecule has 0 aliphatic carbocycles. The number of carbonyl (C=O) groups is 2. The van der Waals surface area contributed by atoms with Gasteiger partial charge in [0.25, 0.3) is 0 Å². The van der Waals surface area contributed by atoms with Crippen LogP contribution in [-0.4, -0.2) is 35.1 Å². The van der Waals surface area contributed by atoms with Crippen LogP contribution in [-0.2, 0) is 0 Å². The first kappa shape index (κ1) is 14.6. The Morgan fingerprint density at radius 2 is 2.15 bits per heavy atom. The average molecular weight is 339 g/mol. The highest BCUT2D eigenvalue weighted by atomic mass is 79.9. The minimum Gasteiger partial charge on any atom is -0.478 e. The van der Waals surface area contributed by atoms with Gasteiger partial charge in [0.05, 0.1) is 5.56 Å². The molecule has 0 atom stereocenters. The number of amides is 2. The molecule has 1 aromatic rings. The van der Waals surface area contributed by atoms with Crippen LogP contribution in [0.2, 0.25) is 0 Å². The maximum Gasteiger partial charge on any atom is 0.336 e. The number of halogens is 1. The number of nitrogens with zero attached hydrogens (tertiary/aromatic N) is 1. The van der Waals surface area contributed by atoms with Crippen molar-refractivity contribution in [2.75, 3.05) is 18.4 Å². The van der Waals surface area contributed by atoms with Crippen LogP contribution < -0.4 is 5.32 Å². The van der Waals surface area contributed by atoms with Gasteiger partial charge in [0.2, 0.25) is 0 Å². The number of hydrogen-bond acceptors (Lipinski definition) is 2. The van der Waals surface area contributed by atoms with Gasteiger partial charge in [-0.05, 0) is 47.5 Å². The van der Waals surface area contributed by atoms with Gasteiger partial charge in [-0.1, -0.05) is 11.6 Å². The number of carbonyl (C=O) groups excluding carboxylic acids is 1. The van der Waals surface area contributed by atoms with Crippen LogP contribution in [0.1, 0.15) is 23.7 Å². The zero-order chi connectivity index (χ0) is 14.7. The fourth-order valence-corrected chi connectivity index (χ4v) is 2.34. The molecule has 1 aliphatic rings. The summed E-state index contributed by atoms with van der Waals surface area (Å²) < 4.78 is 0.486. The molecule has 5 nitrogen and oxygen atoms in total. The van der Waals surface area contributed by atoms with Gasteiger partial charge in [-0.3, -0.25) is 0 Å². The molecule has 0 saturated heterocycles. The zero-order valence-corrected chi connectivity index (χ0v) is 12.6. The number of hydrogen-bond donors (Lipinski definition) is 2. The van der Waals surface area contributed by atoms with Gasteiger partial charge in [0.15, 0.2) is 0 Å². The SMILES string of the molecule is CC1=CCN(C(=O)Nc2ccc(Br)c(C(=O)O)c2)CC1. The molecular weight excluding hydrogens is 324 g/mol. The van der Waals surface area contributed by atoms with E-state index in [1.165, 1.54) is 11.6 Å². The van der Waals surface area contributed by atoms with Crippen LogP contribution in [0.4, 0.5) is 10.5 Å². The Hall–Kier alpha value is -1.82. The number of urea groups is 1. The second kappa shape index (κ2) is 6.09. The molecule has 2 amide bonds. The van der Waals surface area contributed by atoms with Gasteiger partial charge >= 0.3 is 12.0 Å². The molecule has 0 radical (unpaired) electrons. The molecular formula is C14H15BrN2O3. The van der Waals surface area contributed by atoms with Crippen molar-refractivity contribution in [2.24, 2.45) is 0 Å². The Balaban J connectivity index is 2.08. The smallest absolute Gasteiger partial charge is 0.336 e. The molecule has 20 heavy (non-hydrogen) atoms. The van der Waals surface area contributed by atoms with Crippen molar-refractivity contribution in [1.82, 2.24) is 4.90 Å². The first-order valence-corrected chi connectivity index (χ1v) is 7.01. The first-order valence-electron chi connectivity index (χ1n) is 6.22. The maximum absolute atomic E-state index is 12.1. The molecule has 106 valence electrons. The third-order valence-electron chi connectivity index (χ3n) is 3.17. The van der Waals surface area contributed by atoms with E-state index in [0.29, 0.717) is 23.2 Å². The molecule has 0 aromatic heterocycles. The molecule has 2 N–H and O–H groups in total. The van der Waals surface area contributed by atoms with E-state index >= 15 is 0 Å². The number of anilines is 1. The molecule has 0 bridgehead atoms. The van der Waals surface area contributed by atoms with Crippen LogP contribution in [0.5, 0.6) is 0 Å². The number of rotatable bonds is 2. The van der Waals surface area contributed by atoms with Gasteiger partial charge in [-0.25, -0.2) is 9.59 Å². The lowest BCUT2D eigenvalue weighted by atomic mass is 10.1. The van der Waals surface area contributed by atoms with Crippen molar-refractivity contribution in [3.05, 3.63) is 39.9 Å². The second-order valence-corrected chi connectivity index (χ2v) is 5.53. The lowest BCUT2D eigenvalue weighted by Crippen LogP contribution is -2.37. The lowest BCUT2D eigenvalue weighted by Gasteiger charge is -2.25. The highest BCUT2D eigenvalue weighted by Crippen LogP contribution is 2.21. The quantitative estimate of drug-likeness (QED) is 0.812. The summed E-state index contributed by atoms with van der Waals surface area (Å²) in [6.07, 6.45) is 2.89. The summed E-state index contributed by atoms with van der Waals surface area (Å²) in [4.78, 5) is 24.8. The molecule has 1 heterocycles. The minimum atomic E-state index is -1.04. The molecule has 0 unspecified atom stereocenters. The Morgan fingerprint density at radius 1 is 1.40 bits per heavy atom. The van der Waals surface area contributed by atoms with E-state index in [4.69, 9.17) is 5.11 Å². The largest absolute Gasteiger partial charge is 0.478 e. The number of carboxylic acid groups (broad SMARTS) is 1. The Labute approximate surface area is 125 Å². The molecule has 1 aliphatic heterocycles. The average Bonchev–Trinajstić information content (AvgIpc) is 2.41. The number of aromatic carboxylic acids is 1. The van der Waals surface area contributed by atoms with Gasteiger partial charge in [-0.2, -0.15) is 0 Å². The summed E-state index contributed by atoms with van der Waals surface area (Å²) in [7, 11) is 0. The second-order valence-electron chi connectivity index (χ2n) is 4.68. The van der Waals surface area contributed by atoms with Gasteiger partial charge in [-0.15, -0.1) is 0 Å². The summed E-state index contributed by atoms with van der Waals surface area (Å²) in [5, 5.41) is 11.8. The van der Waals surface area contributed by atoms with Crippen LogP contribution in [0.25, 0.3) is 0 Å². The van der Waals surface area contributed by atoms with E-state index in [1.807, 2.05) is 13.0 Å². The van der Waals surface area contributed by atoms with Crippen molar-refractivity contribution in [3.8, 4) is 0 Å². The van der Waals surface area contributed by atoms with Crippen LogP contribution in [0, 0.1) is 0 Å². The van der Waals surface area contributed by atoms with Crippen molar-refractivity contribution >= 4 is 33.6 Å². The Morgan fingerprint density at radius 3 is 2.75 bits per heavy atom. The van der Waals surface area contributed by atoms with E-state index in [2.05, 4.69) is 21.2 Å². The molecule has 0 fully saturated rings. The third-order valence-corrected chi connectivity index (χ3v) is 3.86. The molecule has 6 heteroatoms. The molecule has 0 spiro atoms. The topological polar surface area (TPSA) is 69.6 Å². The van der Waals surface area contributed by atoms with Crippen molar-refractivity contribution in [3.63, 3.8) is 0 Å². The minimum absolute atomic E-state index is 0.122. The molecule has 2 rings (SSSR count). The van der Waals surface area contributed by atoms with Crippen molar-refractivity contribution in [1.29, 1.82) is 0 Å². The van der Waals surface area contributed by atoms with Crippen LogP contribution in [0.15, 0.2) is 34.3 Å². The standard InChI is InChI=1S/C14H15BrN2O3/c1-9-4-6-17(7-5-9)14(20)16-10-2-3-12(15)11(8-10)13(18)19/h2-4,8H,5-7H2,1H3,(H,16,20)(H,18,19). The number of nitrogens with one attached hydrogen (secondary N) is 1. The molecule has 1 aromatic carbocycles. The predicted molar refractivity (Wildman–Crippen MR) is 80.1 cm³/mol. The fourth-order valence-electron chi connectivity index (χ4n) is 1.92. The van der Waals surface area contributed by atoms with E-state index in [0.717, 1.165) is 6.42 Å². The summed E-state index contributed by atoms with van der Waals surface area (Å²) in [6, 6.07) is 4.50. The zero-order valence-electron chi connectivity index (χ0n) is 11.0. The summed E-state index contributed by atoms with van der Waals surface area (Å²) in [5.74, 6) is -1.04. The van der Waals surface area contributed by atoms with Gasteiger partial charge in [0, 0.05) is 23.2 Å². The summed E-state index contributed by atoms with van der Waals surface area (Å²) in [6.45, 7) is 3.31. The summed E-state index contributed by atoms with van der Waals surface area (Å²) in [5.41, 5.74) is 1.88. The summed E-state index contributed by atoms with van der Waals surface area (Å²) >= 11 is 3.17. The number of carboxylic acids is 1. The predicted octanol–water partition coefficient (Wildman–Crippen LogP) is 3.33. The highest BCUT2D eigenvalue weighted by Gasteiger charge is 2.16. The first-order chi connectivity index (χ1) is 9.47. The third kappa shape index (κ3) is 3.39.